The van der Waals surface area contributed by atoms with E-state index in [1.165, 1.54) is 263 Å². The number of carbonyl (C=O) groups excluding carboxylic acids is 4. The summed E-state index contributed by atoms with van der Waals surface area (Å²) >= 11 is 0. The van der Waals surface area contributed by atoms with Crippen LogP contribution in [0.5, 0.6) is 0 Å². The van der Waals surface area contributed by atoms with E-state index in [-0.39, 0.29) is 25.7 Å². The van der Waals surface area contributed by atoms with Crippen molar-refractivity contribution in [3.63, 3.8) is 0 Å². The van der Waals surface area contributed by atoms with Crippen molar-refractivity contribution < 1.29 is 80.2 Å². The summed E-state index contributed by atoms with van der Waals surface area (Å²) in [6.45, 7) is 7.27. The zero-order valence-corrected chi connectivity index (χ0v) is 68.5. The van der Waals surface area contributed by atoms with Gasteiger partial charge >= 0.3 is 39.5 Å². The lowest BCUT2D eigenvalue weighted by Crippen LogP contribution is -2.30. The first-order chi connectivity index (χ1) is 49.5. The number of carbonyl (C=O) groups is 4. The standard InChI is InChI=1S/C83H162O17P2/c1-6-9-12-15-18-21-24-27-30-33-36-38-41-44-47-50-56-61-66-80(85)93-72-78(99-82(87)68-63-59-52-49-46-43-40-37-34-31-28-25-22-19-16-13-10-7-2)74-97-101(89,90)95-70-77(84)71-96-102(91,92)98-75-79(73-94-81(86)67-62-57-54-53-55-60-65-76(4)5)100-83(88)69-64-58-51-48-45-42-39-35-32-29-26-23-20-17-14-11-8-3/h76-79,84H,6-75H2,1-5H3,(H,89,90)(H,91,92)/t77-,78-,79-/m1/s1. The molecule has 0 aliphatic heterocycles. The molecule has 0 aromatic rings. The minimum atomic E-state index is -4.96. The molecule has 0 aromatic carbocycles. The van der Waals surface area contributed by atoms with Crippen molar-refractivity contribution in [2.45, 2.75) is 464 Å². The molecule has 102 heavy (non-hydrogen) atoms. The van der Waals surface area contributed by atoms with Crippen LogP contribution in [0.4, 0.5) is 0 Å². The molecule has 2 unspecified atom stereocenters. The van der Waals surface area contributed by atoms with Gasteiger partial charge in [-0.05, 0) is 31.6 Å². The molecule has 0 rings (SSSR count). The summed E-state index contributed by atoms with van der Waals surface area (Å²) in [5, 5.41) is 10.7. The minimum Gasteiger partial charge on any atom is -0.462 e. The van der Waals surface area contributed by atoms with E-state index in [2.05, 4.69) is 34.6 Å². The van der Waals surface area contributed by atoms with E-state index >= 15 is 0 Å². The molecule has 0 aliphatic rings. The Bertz CT molecular complexity index is 1940. The fraction of sp³-hybridized carbons (Fsp3) is 0.952. The second-order valence-electron chi connectivity index (χ2n) is 30.3. The Labute approximate surface area is 626 Å². The molecule has 19 heteroatoms. The summed E-state index contributed by atoms with van der Waals surface area (Å²) in [5.74, 6) is -1.43. The molecule has 5 atom stereocenters. The molecule has 0 amide bonds. The van der Waals surface area contributed by atoms with Crippen LogP contribution in [0.25, 0.3) is 0 Å². The van der Waals surface area contributed by atoms with E-state index in [1.807, 2.05) is 0 Å². The van der Waals surface area contributed by atoms with Crippen LogP contribution in [0.3, 0.4) is 0 Å². The van der Waals surface area contributed by atoms with E-state index in [0.717, 1.165) is 96.3 Å². The van der Waals surface area contributed by atoms with Crippen molar-refractivity contribution in [3.8, 4) is 0 Å². The van der Waals surface area contributed by atoms with Gasteiger partial charge in [-0.1, -0.05) is 394 Å². The molecule has 17 nitrogen and oxygen atoms in total. The van der Waals surface area contributed by atoms with Crippen LogP contribution in [0.2, 0.25) is 0 Å². The Kier molecular flexibility index (Phi) is 74.4. The van der Waals surface area contributed by atoms with E-state index < -0.39 is 97.5 Å². The Hall–Kier alpha value is -1.94. The lowest BCUT2D eigenvalue weighted by Gasteiger charge is -2.21. The molecule has 0 radical (unpaired) electrons. The van der Waals surface area contributed by atoms with Crippen molar-refractivity contribution in [2.75, 3.05) is 39.6 Å². The van der Waals surface area contributed by atoms with Gasteiger partial charge in [0.15, 0.2) is 12.2 Å². The number of phosphoric ester groups is 2. The predicted molar refractivity (Wildman–Crippen MR) is 418 cm³/mol. The fourth-order valence-corrected chi connectivity index (χ4v) is 14.5. The third-order valence-corrected chi connectivity index (χ3v) is 21.4. The van der Waals surface area contributed by atoms with Crippen molar-refractivity contribution >= 4 is 39.5 Å². The smallest absolute Gasteiger partial charge is 0.462 e. The quantitative estimate of drug-likeness (QED) is 0.0222. The molecular weight excluding hydrogens is 1330 g/mol. The highest BCUT2D eigenvalue weighted by Gasteiger charge is 2.30. The molecule has 0 saturated heterocycles. The molecule has 0 aromatic heterocycles. The summed E-state index contributed by atoms with van der Waals surface area (Å²) in [5.41, 5.74) is 0. The molecule has 0 saturated carbocycles. The number of ether oxygens (including phenoxy) is 4. The van der Waals surface area contributed by atoms with Crippen molar-refractivity contribution in [1.29, 1.82) is 0 Å². The van der Waals surface area contributed by atoms with Crippen molar-refractivity contribution in [3.05, 3.63) is 0 Å². The number of hydrogen-bond acceptors (Lipinski definition) is 15. The summed E-state index contributed by atoms with van der Waals surface area (Å²) in [6, 6.07) is 0. The maximum atomic E-state index is 13.1. The summed E-state index contributed by atoms with van der Waals surface area (Å²) in [4.78, 5) is 73.1. The highest BCUT2D eigenvalue weighted by atomic mass is 31.2. The molecule has 3 N–H and O–H groups in total. The number of unbranched alkanes of at least 4 members (excludes halogenated alkanes) is 55. The first-order valence-electron chi connectivity index (χ1n) is 43.1. The van der Waals surface area contributed by atoms with Gasteiger partial charge in [-0.3, -0.25) is 37.3 Å². The van der Waals surface area contributed by atoms with Gasteiger partial charge in [0.25, 0.3) is 0 Å². The second-order valence-corrected chi connectivity index (χ2v) is 33.3. The predicted octanol–water partition coefficient (Wildman–Crippen LogP) is 25.2. The maximum Gasteiger partial charge on any atom is 0.472 e. The maximum absolute atomic E-state index is 13.1. The lowest BCUT2D eigenvalue weighted by molar-refractivity contribution is -0.161. The van der Waals surface area contributed by atoms with E-state index in [4.69, 9.17) is 37.0 Å². The molecule has 606 valence electrons. The summed E-state index contributed by atoms with van der Waals surface area (Å²) < 4.78 is 68.8. The molecule has 0 fully saturated rings. The molecular formula is C83H162O17P2. The van der Waals surface area contributed by atoms with Crippen LogP contribution in [0.15, 0.2) is 0 Å². The highest BCUT2D eigenvalue weighted by Crippen LogP contribution is 2.45. The molecule has 0 aliphatic carbocycles. The zero-order chi connectivity index (χ0) is 74.8. The van der Waals surface area contributed by atoms with Crippen LogP contribution in [-0.2, 0) is 65.4 Å². The van der Waals surface area contributed by atoms with Gasteiger partial charge in [0, 0.05) is 25.7 Å². The van der Waals surface area contributed by atoms with Crippen LogP contribution < -0.4 is 0 Å². The normalized spacial score (nSPS) is 13.8. The molecule has 0 spiro atoms. The number of phosphoric acid groups is 2. The first-order valence-corrected chi connectivity index (χ1v) is 46.1. The second kappa shape index (κ2) is 75.9. The van der Waals surface area contributed by atoms with Gasteiger partial charge in [-0.2, -0.15) is 0 Å². The van der Waals surface area contributed by atoms with E-state index in [9.17, 15) is 43.2 Å². The lowest BCUT2D eigenvalue weighted by atomic mass is 10.0. The topological polar surface area (TPSA) is 237 Å². The largest absolute Gasteiger partial charge is 0.472 e. The Morgan fingerprint density at radius 2 is 0.451 bits per heavy atom. The SMILES string of the molecule is CCCCCCCCCCCCCCCCCCCCC(=O)OC[C@H](COP(=O)(O)OC[C@@H](O)COP(=O)(O)OC[C@@H](COC(=O)CCCCCCCCC(C)C)OC(=O)CCCCCCCCCCCCCCCCCCC)OC(=O)CCCCCCCCCCCCCCCCCCCC. The van der Waals surface area contributed by atoms with Crippen LogP contribution in [0, 0.1) is 5.92 Å². The Balaban J connectivity index is 5.21. The van der Waals surface area contributed by atoms with E-state index in [1.54, 1.807) is 0 Å². The minimum absolute atomic E-state index is 0.108. The number of esters is 4. The third kappa shape index (κ3) is 76.3. The van der Waals surface area contributed by atoms with Gasteiger partial charge in [0.05, 0.1) is 26.4 Å². The molecule has 0 bridgehead atoms. The average Bonchev–Trinajstić information content (AvgIpc) is 0.911. The number of hydrogen-bond donors (Lipinski definition) is 3. The summed E-state index contributed by atoms with van der Waals surface area (Å²) in [7, 11) is -9.92. The Morgan fingerprint density at radius 3 is 0.667 bits per heavy atom. The van der Waals surface area contributed by atoms with Crippen molar-refractivity contribution in [2.24, 2.45) is 5.92 Å². The van der Waals surface area contributed by atoms with Crippen molar-refractivity contribution in [1.82, 2.24) is 0 Å². The number of aliphatic hydroxyl groups is 1. The van der Waals surface area contributed by atoms with Gasteiger partial charge in [-0.15, -0.1) is 0 Å². The van der Waals surface area contributed by atoms with Crippen LogP contribution in [0.1, 0.15) is 446 Å². The van der Waals surface area contributed by atoms with Crippen LogP contribution >= 0.6 is 15.6 Å². The van der Waals surface area contributed by atoms with Gasteiger partial charge in [0.2, 0.25) is 0 Å². The zero-order valence-electron chi connectivity index (χ0n) is 66.8. The monoisotopic (exact) mass is 1490 g/mol. The van der Waals surface area contributed by atoms with Crippen LogP contribution in [-0.4, -0.2) is 96.7 Å². The number of aliphatic hydroxyl groups excluding tert-OH is 1. The number of rotatable bonds is 83. The average molecular weight is 1490 g/mol. The molecule has 0 heterocycles. The van der Waals surface area contributed by atoms with Gasteiger partial charge < -0.3 is 33.8 Å². The summed E-state index contributed by atoms with van der Waals surface area (Å²) in [6.07, 6.45) is 68.2. The van der Waals surface area contributed by atoms with E-state index in [0.29, 0.717) is 31.6 Å². The fourth-order valence-electron chi connectivity index (χ4n) is 12.9. The van der Waals surface area contributed by atoms with Gasteiger partial charge in [-0.25, -0.2) is 9.13 Å². The van der Waals surface area contributed by atoms with Gasteiger partial charge in [0.1, 0.15) is 19.3 Å². The highest BCUT2D eigenvalue weighted by molar-refractivity contribution is 7.47. The third-order valence-electron chi connectivity index (χ3n) is 19.5. The first kappa shape index (κ1) is 100. The Morgan fingerprint density at radius 1 is 0.265 bits per heavy atom.